The maximum absolute atomic E-state index is 3.70. The van der Waals surface area contributed by atoms with E-state index in [1.807, 2.05) is 0 Å². The minimum atomic E-state index is 0.329. The highest BCUT2D eigenvalue weighted by molar-refractivity contribution is 5.21. The van der Waals surface area contributed by atoms with Crippen molar-refractivity contribution in [3.05, 3.63) is 35.4 Å². The number of hydrogen-bond donors (Lipinski definition) is 1. The monoisotopic (exact) mass is 260 g/mol. The minimum Gasteiger partial charge on any atom is -0.312 e. The van der Waals surface area contributed by atoms with Gasteiger partial charge in [0.15, 0.2) is 0 Å². The van der Waals surface area contributed by atoms with E-state index in [0.717, 1.165) is 19.6 Å². The van der Waals surface area contributed by atoms with Gasteiger partial charge in [0, 0.05) is 19.1 Å². The van der Waals surface area contributed by atoms with E-state index < -0.39 is 0 Å². The van der Waals surface area contributed by atoms with Crippen molar-refractivity contribution < 1.29 is 0 Å². The molecule has 1 aliphatic heterocycles. The molecule has 106 valence electrons. The molecule has 1 aromatic carbocycles. The van der Waals surface area contributed by atoms with Crippen molar-refractivity contribution in [2.45, 2.75) is 46.7 Å². The van der Waals surface area contributed by atoms with Gasteiger partial charge in [0.05, 0.1) is 0 Å². The Morgan fingerprint density at radius 2 is 1.89 bits per heavy atom. The summed E-state index contributed by atoms with van der Waals surface area (Å²) in [7, 11) is 0. The van der Waals surface area contributed by atoms with Gasteiger partial charge in [0.1, 0.15) is 0 Å². The normalized spacial score (nSPS) is 22.2. The first-order valence-corrected chi connectivity index (χ1v) is 7.46. The predicted octanol–water partition coefficient (Wildman–Crippen LogP) is 3.21. The summed E-state index contributed by atoms with van der Waals surface area (Å²) in [5.41, 5.74) is 3.10. The molecule has 0 spiro atoms. The molecule has 1 fully saturated rings. The van der Waals surface area contributed by atoms with Gasteiger partial charge in [0.2, 0.25) is 0 Å². The van der Waals surface area contributed by atoms with E-state index in [9.17, 15) is 0 Å². The van der Waals surface area contributed by atoms with E-state index >= 15 is 0 Å². The van der Waals surface area contributed by atoms with Crippen LogP contribution in [-0.2, 0) is 6.54 Å². The third-order valence-corrected chi connectivity index (χ3v) is 4.05. The van der Waals surface area contributed by atoms with Gasteiger partial charge in [-0.2, -0.15) is 0 Å². The highest BCUT2D eigenvalue weighted by Crippen LogP contribution is 2.22. The van der Waals surface area contributed by atoms with Crippen molar-refractivity contribution in [2.24, 2.45) is 5.41 Å². The van der Waals surface area contributed by atoms with Crippen molar-refractivity contribution in [3.8, 4) is 0 Å². The second kappa shape index (κ2) is 6.06. The van der Waals surface area contributed by atoms with Crippen molar-refractivity contribution in [2.75, 3.05) is 19.6 Å². The summed E-state index contributed by atoms with van der Waals surface area (Å²) in [5.74, 6) is 0. The smallest absolute Gasteiger partial charge is 0.0243 e. The number of benzene rings is 1. The first kappa shape index (κ1) is 14.5. The van der Waals surface area contributed by atoms with Crippen molar-refractivity contribution in [1.82, 2.24) is 10.2 Å². The second-order valence-electron chi connectivity index (χ2n) is 6.95. The van der Waals surface area contributed by atoms with Crippen LogP contribution in [-0.4, -0.2) is 30.6 Å². The van der Waals surface area contributed by atoms with E-state index in [-0.39, 0.29) is 0 Å². The van der Waals surface area contributed by atoms with Gasteiger partial charge < -0.3 is 5.32 Å². The van der Waals surface area contributed by atoms with Gasteiger partial charge in [-0.1, -0.05) is 50.6 Å². The van der Waals surface area contributed by atoms with Gasteiger partial charge >= 0.3 is 0 Å². The van der Waals surface area contributed by atoms with Crippen LogP contribution in [0.4, 0.5) is 0 Å². The average molecular weight is 260 g/mol. The zero-order valence-electron chi connectivity index (χ0n) is 12.9. The summed E-state index contributed by atoms with van der Waals surface area (Å²) < 4.78 is 0. The Kier molecular flexibility index (Phi) is 4.64. The van der Waals surface area contributed by atoms with Gasteiger partial charge in [0.25, 0.3) is 0 Å². The molecule has 0 amide bonds. The first-order valence-electron chi connectivity index (χ1n) is 7.46. The lowest BCUT2D eigenvalue weighted by molar-refractivity contribution is 0.192. The Bertz CT molecular complexity index is 389. The standard InChI is InChI=1S/C17H28N2/c1-14-6-8-15(9-7-14)12-19-11-5-10-18-16(13-19)17(2,3)4/h6-9,16,18H,5,10-13H2,1-4H3. The summed E-state index contributed by atoms with van der Waals surface area (Å²) in [6.45, 7) is 13.7. The van der Waals surface area contributed by atoms with Crippen LogP contribution >= 0.6 is 0 Å². The molecule has 1 heterocycles. The third-order valence-electron chi connectivity index (χ3n) is 4.05. The predicted molar refractivity (Wildman–Crippen MR) is 82.3 cm³/mol. The Balaban J connectivity index is 2.00. The molecule has 19 heavy (non-hydrogen) atoms. The fourth-order valence-electron chi connectivity index (χ4n) is 2.67. The molecule has 0 aromatic heterocycles. The zero-order chi connectivity index (χ0) is 13.9. The molecule has 1 aliphatic rings. The van der Waals surface area contributed by atoms with Gasteiger partial charge in [-0.15, -0.1) is 0 Å². The van der Waals surface area contributed by atoms with Crippen LogP contribution in [0, 0.1) is 12.3 Å². The number of rotatable bonds is 2. The number of nitrogens with one attached hydrogen (secondary N) is 1. The lowest BCUT2D eigenvalue weighted by Crippen LogP contribution is -2.46. The Labute approximate surface area is 118 Å². The van der Waals surface area contributed by atoms with Crippen LogP contribution in [0.5, 0.6) is 0 Å². The molecule has 0 aliphatic carbocycles. The third kappa shape index (κ3) is 4.32. The summed E-state index contributed by atoms with van der Waals surface area (Å²) in [4.78, 5) is 2.60. The molecule has 1 N–H and O–H groups in total. The quantitative estimate of drug-likeness (QED) is 0.878. The van der Waals surface area contributed by atoms with Gasteiger partial charge in [-0.3, -0.25) is 4.90 Å². The molecule has 1 atom stereocenters. The van der Waals surface area contributed by atoms with E-state index in [0.29, 0.717) is 11.5 Å². The van der Waals surface area contributed by atoms with Crippen LogP contribution in [0.1, 0.15) is 38.3 Å². The molecule has 1 saturated heterocycles. The summed E-state index contributed by atoms with van der Waals surface area (Å²) >= 11 is 0. The Morgan fingerprint density at radius 1 is 1.21 bits per heavy atom. The Morgan fingerprint density at radius 3 is 2.53 bits per heavy atom. The van der Waals surface area contributed by atoms with Gasteiger partial charge in [-0.05, 0) is 37.4 Å². The maximum atomic E-state index is 3.70. The van der Waals surface area contributed by atoms with Crippen molar-refractivity contribution in [1.29, 1.82) is 0 Å². The largest absolute Gasteiger partial charge is 0.312 e. The second-order valence-corrected chi connectivity index (χ2v) is 6.95. The van der Waals surface area contributed by atoms with Crippen LogP contribution in [0.2, 0.25) is 0 Å². The van der Waals surface area contributed by atoms with Crippen molar-refractivity contribution in [3.63, 3.8) is 0 Å². The van der Waals surface area contributed by atoms with Crippen molar-refractivity contribution >= 4 is 0 Å². The fraction of sp³-hybridized carbons (Fsp3) is 0.647. The minimum absolute atomic E-state index is 0.329. The summed E-state index contributed by atoms with van der Waals surface area (Å²) in [6.07, 6.45) is 1.25. The molecule has 2 heteroatoms. The average Bonchev–Trinajstić information content (AvgIpc) is 2.57. The van der Waals surface area contributed by atoms with Crippen LogP contribution in [0.25, 0.3) is 0 Å². The molecule has 0 bridgehead atoms. The van der Waals surface area contributed by atoms with Gasteiger partial charge in [-0.25, -0.2) is 0 Å². The number of aryl methyl sites for hydroxylation is 1. The number of nitrogens with zero attached hydrogens (tertiary/aromatic N) is 1. The van der Waals surface area contributed by atoms with E-state index in [2.05, 4.69) is 62.2 Å². The molecular weight excluding hydrogens is 232 g/mol. The molecule has 1 unspecified atom stereocenters. The first-order chi connectivity index (χ1) is 8.95. The molecule has 1 aromatic rings. The Hall–Kier alpha value is -0.860. The van der Waals surface area contributed by atoms with Crippen LogP contribution < -0.4 is 5.32 Å². The fourth-order valence-corrected chi connectivity index (χ4v) is 2.67. The summed E-state index contributed by atoms with van der Waals surface area (Å²) in [6, 6.07) is 9.54. The SMILES string of the molecule is Cc1ccc(CN2CCCNC(C(C)(C)C)C2)cc1. The van der Waals surface area contributed by atoms with Crippen LogP contribution in [0.15, 0.2) is 24.3 Å². The number of hydrogen-bond acceptors (Lipinski definition) is 2. The molecule has 2 nitrogen and oxygen atoms in total. The van der Waals surface area contributed by atoms with E-state index in [1.165, 1.54) is 24.1 Å². The zero-order valence-corrected chi connectivity index (χ0v) is 12.9. The summed E-state index contributed by atoms with van der Waals surface area (Å²) in [5, 5.41) is 3.70. The lowest BCUT2D eigenvalue weighted by atomic mass is 9.86. The molecule has 0 radical (unpaired) electrons. The maximum Gasteiger partial charge on any atom is 0.0243 e. The highest BCUT2D eigenvalue weighted by atomic mass is 15.2. The highest BCUT2D eigenvalue weighted by Gasteiger charge is 2.27. The van der Waals surface area contributed by atoms with Crippen LogP contribution in [0.3, 0.4) is 0 Å². The molecular formula is C17H28N2. The topological polar surface area (TPSA) is 15.3 Å². The molecule has 2 rings (SSSR count). The van der Waals surface area contributed by atoms with E-state index in [1.54, 1.807) is 0 Å². The van der Waals surface area contributed by atoms with E-state index in [4.69, 9.17) is 0 Å². The molecule has 0 saturated carbocycles. The lowest BCUT2D eigenvalue weighted by Gasteiger charge is -2.33.